The van der Waals surface area contributed by atoms with Crippen molar-refractivity contribution in [1.82, 2.24) is 0 Å². The lowest BCUT2D eigenvalue weighted by molar-refractivity contribution is -0.272. The number of hydrogen-bond acceptors (Lipinski definition) is 4. The second-order valence-electron chi connectivity index (χ2n) is 13.3. The van der Waals surface area contributed by atoms with E-state index in [1.165, 1.54) is 32.1 Å². The standard InChI is InChI=1S/C29H44O4/c1-17-8-13-29(31-16-17)18(2)26-25(33-29)15-24-22-7-6-20-14-21(32-19(3)30)9-11-27(20,4)23(22)10-12-28(24,26)5/h6,17-18,21-26H,7-16H2,1-5H3/t17-,18-,21+,22+,23-,24-,25-,26-,27+,28+,29+/m1/s1. The normalized spacial score (nSPS) is 55.2. The quantitative estimate of drug-likeness (QED) is 0.344. The van der Waals surface area contributed by atoms with Crippen LogP contribution in [0.1, 0.15) is 92.4 Å². The zero-order valence-electron chi connectivity index (χ0n) is 21.4. The molecule has 1 spiro atoms. The second-order valence-corrected chi connectivity index (χ2v) is 13.3. The van der Waals surface area contributed by atoms with Crippen molar-refractivity contribution in [3.63, 3.8) is 0 Å². The van der Waals surface area contributed by atoms with Crippen molar-refractivity contribution in [3.8, 4) is 0 Å². The molecule has 5 fully saturated rings. The Bertz CT molecular complexity index is 841. The highest BCUT2D eigenvalue weighted by Gasteiger charge is 2.68. The molecule has 6 aliphatic rings. The molecule has 2 saturated heterocycles. The van der Waals surface area contributed by atoms with Gasteiger partial charge in [-0.05, 0) is 85.4 Å². The summed E-state index contributed by atoms with van der Waals surface area (Å²) in [6, 6.07) is 0. The number of esters is 1. The maximum Gasteiger partial charge on any atom is 0.302 e. The summed E-state index contributed by atoms with van der Waals surface area (Å²) in [5.41, 5.74) is 2.24. The number of allylic oxidation sites excluding steroid dienone is 1. The van der Waals surface area contributed by atoms with Crippen molar-refractivity contribution in [2.24, 2.45) is 46.3 Å². The Morgan fingerprint density at radius 1 is 1.09 bits per heavy atom. The molecule has 4 aliphatic carbocycles. The van der Waals surface area contributed by atoms with Crippen molar-refractivity contribution >= 4 is 5.97 Å². The first kappa shape index (κ1) is 22.6. The maximum absolute atomic E-state index is 11.5. The van der Waals surface area contributed by atoms with Gasteiger partial charge in [-0.3, -0.25) is 4.79 Å². The topological polar surface area (TPSA) is 44.8 Å². The third kappa shape index (κ3) is 3.18. The molecule has 3 saturated carbocycles. The lowest BCUT2D eigenvalue weighted by atomic mass is 9.47. The molecule has 4 nitrogen and oxygen atoms in total. The van der Waals surface area contributed by atoms with Crippen LogP contribution in [0.5, 0.6) is 0 Å². The molecule has 2 aliphatic heterocycles. The smallest absolute Gasteiger partial charge is 0.302 e. The number of rotatable bonds is 1. The van der Waals surface area contributed by atoms with Gasteiger partial charge in [0.1, 0.15) is 6.10 Å². The first-order valence-corrected chi connectivity index (χ1v) is 13.8. The van der Waals surface area contributed by atoms with Gasteiger partial charge in [-0.25, -0.2) is 0 Å². The van der Waals surface area contributed by atoms with Gasteiger partial charge in [-0.2, -0.15) is 0 Å². The second kappa shape index (κ2) is 7.56. The largest absolute Gasteiger partial charge is 0.462 e. The van der Waals surface area contributed by atoms with Crippen molar-refractivity contribution in [2.45, 2.75) is 110 Å². The molecular weight excluding hydrogens is 412 g/mol. The molecule has 0 aromatic carbocycles. The minimum atomic E-state index is -0.312. The first-order valence-electron chi connectivity index (χ1n) is 13.8. The van der Waals surface area contributed by atoms with E-state index in [9.17, 15) is 4.79 Å². The van der Waals surface area contributed by atoms with E-state index >= 15 is 0 Å². The Hall–Kier alpha value is -0.870. The average Bonchev–Trinajstić information content (AvgIpc) is 3.21. The zero-order valence-corrected chi connectivity index (χ0v) is 21.4. The fraction of sp³-hybridized carbons (Fsp3) is 0.897. The minimum Gasteiger partial charge on any atom is -0.462 e. The third-order valence-corrected chi connectivity index (χ3v) is 11.7. The predicted molar refractivity (Wildman–Crippen MR) is 127 cm³/mol. The van der Waals surface area contributed by atoms with Crippen molar-refractivity contribution in [1.29, 1.82) is 0 Å². The van der Waals surface area contributed by atoms with Crippen LogP contribution in [0.3, 0.4) is 0 Å². The van der Waals surface area contributed by atoms with Gasteiger partial charge in [-0.15, -0.1) is 0 Å². The Morgan fingerprint density at radius 3 is 2.64 bits per heavy atom. The van der Waals surface area contributed by atoms with Gasteiger partial charge in [0, 0.05) is 25.7 Å². The van der Waals surface area contributed by atoms with Crippen LogP contribution >= 0.6 is 0 Å². The highest BCUT2D eigenvalue weighted by molar-refractivity contribution is 5.66. The number of fused-ring (bicyclic) bond motifs is 7. The van der Waals surface area contributed by atoms with E-state index in [1.54, 1.807) is 12.5 Å². The van der Waals surface area contributed by atoms with E-state index in [4.69, 9.17) is 14.2 Å². The van der Waals surface area contributed by atoms with Gasteiger partial charge in [0.15, 0.2) is 5.79 Å². The molecular formula is C29H44O4. The summed E-state index contributed by atoms with van der Waals surface area (Å²) in [7, 11) is 0. The van der Waals surface area contributed by atoms with Crippen molar-refractivity contribution in [2.75, 3.05) is 6.61 Å². The number of ether oxygens (including phenoxy) is 3. The van der Waals surface area contributed by atoms with Gasteiger partial charge in [0.2, 0.25) is 0 Å². The van der Waals surface area contributed by atoms with E-state index in [2.05, 4.69) is 33.8 Å². The van der Waals surface area contributed by atoms with Crippen LogP contribution in [0.2, 0.25) is 0 Å². The molecule has 0 amide bonds. The van der Waals surface area contributed by atoms with E-state index in [0.29, 0.717) is 29.3 Å². The molecule has 184 valence electrons. The fourth-order valence-corrected chi connectivity index (χ4v) is 9.98. The Kier molecular flexibility index (Phi) is 5.18. The Balaban J connectivity index is 1.24. The van der Waals surface area contributed by atoms with E-state index in [0.717, 1.165) is 50.0 Å². The molecule has 11 atom stereocenters. The third-order valence-electron chi connectivity index (χ3n) is 11.7. The van der Waals surface area contributed by atoms with Crippen LogP contribution in [0.25, 0.3) is 0 Å². The van der Waals surface area contributed by atoms with Crippen LogP contribution in [0.15, 0.2) is 11.6 Å². The fourth-order valence-electron chi connectivity index (χ4n) is 9.98. The molecule has 6 rings (SSSR count). The summed E-state index contributed by atoms with van der Waals surface area (Å²) < 4.78 is 19.0. The summed E-state index contributed by atoms with van der Waals surface area (Å²) in [6.45, 7) is 12.3. The van der Waals surface area contributed by atoms with Crippen LogP contribution in [-0.2, 0) is 19.0 Å². The predicted octanol–water partition coefficient (Wildman–Crippen LogP) is 6.28. The number of hydrogen-bond donors (Lipinski definition) is 0. The summed E-state index contributed by atoms with van der Waals surface area (Å²) in [4.78, 5) is 11.5. The van der Waals surface area contributed by atoms with E-state index in [-0.39, 0.29) is 23.3 Å². The van der Waals surface area contributed by atoms with Gasteiger partial charge in [-0.1, -0.05) is 39.3 Å². The summed E-state index contributed by atoms with van der Waals surface area (Å²) in [6.07, 6.45) is 13.6. The van der Waals surface area contributed by atoms with Crippen LogP contribution in [-0.4, -0.2) is 30.6 Å². The molecule has 0 aromatic rings. The van der Waals surface area contributed by atoms with Gasteiger partial charge < -0.3 is 14.2 Å². The molecule has 0 unspecified atom stereocenters. The molecule has 0 aromatic heterocycles. The zero-order chi connectivity index (χ0) is 23.2. The van der Waals surface area contributed by atoms with Gasteiger partial charge >= 0.3 is 5.97 Å². The number of carbonyl (C=O) groups excluding carboxylic acids is 1. The van der Waals surface area contributed by atoms with E-state index < -0.39 is 0 Å². The number of carbonyl (C=O) groups is 1. The molecule has 33 heavy (non-hydrogen) atoms. The maximum atomic E-state index is 11.5. The Morgan fingerprint density at radius 2 is 1.91 bits per heavy atom. The van der Waals surface area contributed by atoms with Gasteiger partial charge in [0.25, 0.3) is 0 Å². The molecule has 0 N–H and O–H groups in total. The minimum absolute atomic E-state index is 0.0849. The van der Waals surface area contributed by atoms with Crippen LogP contribution in [0.4, 0.5) is 0 Å². The summed E-state index contributed by atoms with van der Waals surface area (Å²) in [5.74, 6) is 3.64. The lowest BCUT2D eigenvalue weighted by Gasteiger charge is -2.58. The van der Waals surface area contributed by atoms with E-state index in [1.807, 2.05) is 0 Å². The average molecular weight is 457 g/mol. The molecule has 2 heterocycles. The molecule has 0 bridgehead atoms. The van der Waals surface area contributed by atoms with Crippen LogP contribution in [0, 0.1) is 46.3 Å². The summed E-state index contributed by atoms with van der Waals surface area (Å²) >= 11 is 0. The highest BCUT2D eigenvalue weighted by Crippen LogP contribution is 2.70. The summed E-state index contributed by atoms with van der Waals surface area (Å²) in [5, 5.41) is 0. The van der Waals surface area contributed by atoms with Crippen molar-refractivity contribution in [3.05, 3.63) is 11.6 Å². The monoisotopic (exact) mass is 456 g/mol. The highest BCUT2D eigenvalue weighted by atomic mass is 16.7. The van der Waals surface area contributed by atoms with Gasteiger partial charge in [0.05, 0.1) is 12.7 Å². The molecule has 0 radical (unpaired) electrons. The SMILES string of the molecule is CC(=O)O[C@H]1CC[C@@]2(C)C(=CC[C@@H]3[C@H]4C[C@H]5O[C@@]6(CC[C@@H](C)CO6)[C@H](C)[C@H]5[C@@]4(C)CC[C@H]32)C1. The van der Waals surface area contributed by atoms with Crippen molar-refractivity contribution < 1.29 is 19.0 Å². The first-order chi connectivity index (χ1) is 15.7. The molecule has 4 heteroatoms. The van der Waals surface area contributed by atoms with Crippen LogP contribution < -0.4 is 0 Å². The lowest BCUT2D eigenvalue weighted by Crippen LogP contribution is -2.52. The Labute approximate surface area is 200 Å².